The molecule has 0 radical (unpaired) electrons. The Hall–Kier alpha value is -2.41. The fraction of sp³-hybridized carbons (Fsp3) is 0.368. The van der Waals surface area contributed by atoms with Crippen LogP contribution in [-0.2, 0) is 12.8 Å². The summed E-state index contributed by atoms with van der Waals surface area (Å²) in [5, 5.41) is 0. The van der Waals surface area contributed by atoms with Crippen molar-refractivity contribution < 1.29 is 14.0 Å². The Morgan fingerprint density at radius 2 is 1.92 bits per heavy atom. The van der Waals surface area contributed by atoms with Crippen molar-refractivity contribution in [2.75, 3.05) is 19.0 Å². The molecule has 138 valence electrons. The Labute approximate surface area is 156 Å². The number of anilines is 1. The van der Waals surface area contributed by atoms with Crippen molar-refractivity contribution in [1.82, 2.24) is 10.9 Å². The number of carbonyl (C=O) groups excluding carboxylic acids is 2. The van der Waals surface area contributed by atoms with Crippen LogP contribution in [0.5, 0.6) is 0 Å². The molecule has 0 fully saturated rings. The van der Waals surface area contributed by atoms with Gasteiger partial charge in [0.15, 0.2) is 0 Å². The average Bonchev–Trinajstić information content (AvgIpc) is 3.02. The molecule has 0 saturated heterocycles. The summed E-state index contributed by atoms with van der Waals surface area (Å²) in [6.07, 6.45) is 3.13. The van der Waals surface area contributed by atoms with Gasteiger partial charge in [0.1, 0.15) is 5.82 Å². The second kappa shape index (κ2) is 7.45. The zero-order chi connectivity index (χ0) is 18.8. The van der Waals surface area contributed by atoms with Crippen LogP contribution in [0.15, 0.2) is 24.3 Å². The molecule has 0 bridgehead atoms. The molecule has 0 spiro atoms. The topological polar surface area (TPSA) is 61.4 Å². The van der Waals surface area contributed by atoms with Gasteiger partial charge < -0.3 is 4.90 Å². The van der Waals surface area contributed by atoms with Gasteiger partial charge >= 0.3 is 0 Å². The van der Waals surface area contributed by atoms with E-state index in [1.165, 1.54) is 33.9 Å². The van der Waals surface area contributed by atoms with Gasteiger partial charge in [-0.1, -0.05) is 6.92 Å². The SMILES string of the molecule is C[C@@H]1CCc2sc(C(=O)NNC(=O)c3ccc(N(C)C)c(F)c3)cc2C1. The molecule has 3 rings (SSSR count). The van der Waals surface area contributed by atoms with E-state index in [0.717, 1.165) is 25.3 Å². The number of hydrogen-bond acceptors (Lipinski definition) is 4. The highest BCUT2D eigenvalue weighted by Crippen LogP contribution is 2.32. The molecule has 1 atom stereocenters. The summed E-state index contributed by atoms with van der Waals surface area (Å²) in [5.41, 5.74) is 6.53. The minimum absolute atomic E-state index is 0.146. The monoisotopic (exact) mass is 375 g/mol. The highest BCUT2D eigenvalue weighted by atomic mass is 32.1. The van der Waals surface area contributed by atoms with E-state index in [-0.39, 0.29) is 11.5 Å². The molecule has 2 amide bonds. The number of nitrogens with one attached hydrogen (secondary N) is 2. The molecule has 1 aliphatic carbocycles. The first kappa shape index (κ1) is 18.4. The molecular weight excluding hydrogens is 353 g/mol. The second-order valence-electron chi connectivity index (χ2n) is 6.88. The average molecular weight is 375 g/mol. The lowest BCUT2D eigenvalue weighted by atomic mass is 9.90. The van der Waals surface area contributed by atoms with Crippen molar-refractivity contribution in [1.29, 1.82) is 0 Å². The van der Waals surface area contributed by atoms with Crippen LogP contribution >= 0.6 is 11.3 Å². The number of fused-ring (bicyclic) bond motifs is 1. The number of nitrogens with zero attached hydrogens (tertiary/aromatic N) is 1. The molecule has 2 aromatic rings. The lowest BCUT2D eigenvalue weighted by Gasteiger charge is -2.16. The first-order valence-corrected chi connectivity index (χ1v) is 9.36. The van der Waals surface area contributed by atoms with E-state index in [1.807, 2.05) is 6.07 Å². The van der Waals surface area contributed by atoms with E-state index < -0.39 is 11.7 Å². The lowest BCUT2D eigenvalue weighted by molar-refractivity contribution is 0.0848. The fourth-order valence-corrected chi connectivity index (χ4v) is 4.18. The number of aryl methyl sites for hydroxylation is 1. The van der Waals surface area contributed by atoms with Crippen molar-refractivity contribution in [3.8, 4) is 0 Å². The van der Waals surface area contributed by atoms with Crippen LogP contribution in [0.1, 0.15) is 43.8 Å². The molecular formula is C19H22FN3O2S. The fourth-order valence-electron chi connectivity index (χ4n) is 3.08. The summed E-state index contributed by atoms with van der Waals surface area (Å²) in [6, 6.07) is 6.11. The quantitative estimate of drug-likeness (QED) is 0.810. The van der Waals surface area contributed by atoms with Gasteiger partial charge in [-0.2, -0.15) is 0 Å². The molecule has 0 saturated carbocycles. The largest absolute Gasteiger partial charge is 0.375 e. The number of hydrazine groups is 1. The highest BCUT2D eigenvalue weighted by Gasteiger charge is 2.21. The van der Waals surface area contributed by atoms with Gasteiger partial charge in [-0.3, -0.25) is 20.4 Å². The third kappa shape index (κ3) is 3.88. The number of amides is 2. The zero-order valence-corrected chi connectivity index (χ0v) is 15.9. The standard InChI is InChI=1S/C19H22FN3O2S/c1-11-4-7-16-13(8-11)10-17(26-16)19(25)22-21-18(24)12-5-6-15(23(2)3)14(20)9-12/h5-6,9-11H,4,7-8H2,1-3H3,(H,21,24)(H,22,25)/t11-/m1/s1. The third-order valence-corrected chi connectivity index (χ3v) is 5.77. The van der Waals surface area contributed by atoms with Gasteiger partial charge in [0, 0.05) is 24.5 Å². The summed E-state index contributed by atoms with van der Waals surface area (Å²) in [6.45, 7) is 2.21. The summed E-state index contributed by atoms with van der Waals surface area (Å²) < 4.78 is 14.0. The number of carbonyl (C=O) groups is 2. The number of thiophene rings is 1. The van der Waals surface area contributed by atoms with E-state index in [1.54, 1.807) is 19.0 Å². The number of rotatable bonds is 3. The van der Waals surface area contributed by atoms with Gasteiger partial charge in [0.25, 0.3) is 11.8 Å². The normalized spacial score (nSPS) is 15.9. The van der Waals surface area contributed by atoms with Crippen LogP contribution in [0.2, 0.25) is 0 Å². The molecule has 5 nitrogen and oxygen atoms in total. The van der Waals surface area contributed by atoms with Crippen LogP contribution in [0.3, 0.4) is 0 Å². The number of hydrogen-bond donors (Lipinski definition) is 2. The number of benzene rings is 1. The summed E-state index contributed by atoms with van der Waals surface area (Å²) in [4.78, 5) is 27.9. The van der Waals surface area contributed by atoms with Crippen LogP contribution in [-0.4, -0.2) is 25.9 Å². The van der Waals surface area contributed by atoms with Crippen molar-refractivity contribution in [2.24, 2.45) is 5.92 Å². The van der Waals surface area contributed by atoms with E-state index in [4.69, 9.17) is 0 Å². The zero-order valence-electron chi connectivity index (χ0n) is 15.1. The predicted octanol–water partition coefficient (Wildman–Crippen LogP) is 3.15. The van der Waals surface area contributed by atoms with Gasteiger partial charge in [-0.15, -0.1) is 11.3 Å². The molecule has 1 aliphatic rings. The van der Waals surface area contributed by atoms with Gasteiger partial charge in [0.05, 0.1) is 10.6 Å². The van der Waals surface area contributed by atoms with Crippen LogP contribution in [0.4, 0.5) is 10.1 Å². The van der Waals surface area contributed by atoms with E-state index >= 15 is 0 Å². The lowest BCUT2D eigenvalue weighted by Crippen LogP contribution is -2.41. The van der Waals surface area contributed by atoms with Crippen molar-refractivity contribution >= 4 is 28.8 Å². The van der Waals surface area contributed by atoms with Crippen molar-refractivity contribution in [2.45, 2.75) is 26.2 Å². The van der Waals surface area contributed by atoms with E-state index in [2.05, 4.69) is 17.8 Å². The molecule has 26 heavy (non-hydrogen) atoms. The third-order valence-electron chi connectivity index (χ3n) is 4.53. The number of halogens is 1. The van der Waals surface area contributed by atoms with Crippen LogP contribution in [0, 0.1) is 11.7 Å². The van der Waals surface area contributed by atoms with E-state index in [9.17, 15) is 14.0 Å². The maximum absolute atomic E-state index is 14.0. The first-order valence-electron chi connectivity index (χ1n) is 8.54. The molecule has 1 aromatic carbocycles. The predicted molar refractivity (Wildman–Crippen MR) is 101 cm³/mol. The Kier molecular flexibility index (Phi) is 5.27. The highest BCUT2D eigenvalue weighted by molar-refractivity contribution is 7.14. The van der Waals surface area contributed by atoms with Gasteiger partial charge in [-0.05, 0) is 55.0 Å². The Balaban J connectivity index is 1.63. The van der Waals surface area contributed by atoms with Gasteiger partial charge in [-0.25, -0.2) is 4.39 Å². The minimum Gasteiger partial charge on any atom is -0.375 e. The molecule has 7 heteroatoms. The Morgan fingerprint density at radius 3 is 2.62 bits per heavy atom. The van der Waals surface area contributed by atoms with E-state index in [0.29, 0.717) is 16.5 Å². The summed E-state index contributed by atoms with van der Waals surface area (Å²) in [5.74, 6) is -0.768. The second-order valence-corrected chi connectivity index (χ2v) is 8.01. The minimum atomic E-state index is -0.558. The van der Waals surface area contributed by atoms with Crippen LogP contribution in [0.25, 0.3) is 0 Å². The molecule has 1 heterocycles. The maximum Gasteiger partial charge on any atom is 0.279 e. The first-order chi connectivity index (χ1) is 12.3. The summed E-state index contributed by atoms with van der Waals surface area (Å²) in [7, 11) is 3.44. The molecule has 0 aliphatic heterocycles. The maximum atomic E-state index is 14.0. The Bertz CT molecular complexity index is 847. The Morgan fingerprint density at radius 1 is 1.19 bits per heavy atom. The molecule has 0 unspecified atom stereocenters. The van der Waals surface area contributed by atoms with Crippen molar-refractivity contribution in [3.63, 3.8) is 0 Å². The molecule has 1 aromatic heterocycles. The van der Waals surface area contributed by atoms with Crippen LogP contribution < -0.4 is 15.8 Å². The summed E-state index contributed by atoms with van der Waals surface area (Å²) >= 11 is 1.47. The van der Waals surface area contributed by atoms with Gasteiger partial charge in [0.2, 0.25) is 0 Å². The molecule has 2 N–H and O–H groups in total. The van der Waals surface area contributed by atoms with Crippen molar-refractivity contribution in [3.05, 3.63) is 51.0 Å². The smallest absolute Gasteiger partial charge is 0.279 e.